The predicted octanol–water partition coefficient (Wildman–Crippen LogP) is 2.70. The monoisotopic (exact) mass is 308 g/mol. The van der Waals surface area contributed by atoms with E-state index >= 15 is 0 Å². The highest BCUT2D eigenvalue weighted by molar-refractivity contribution is 6.00. The van der Waals surface area contributed by atoms with E-state index in [-0.39, 0.29) is 0 Å². The zero-order valence-electron chi connectivity index (χ0n) is 13.0. The van der Waals surface area contributed by atoms with Gasteiger partial charge in [-0.05, 0) is 32.0 Å². The molecule has 0 radical (unpaired) electrons. The molecule has 0 spiro atoms. The fourth-order valence-electron chi connectivity index (χ4n) is 2.51. The van der Waals surface area contributed by atoms with Crippen LogP contribution in [0.15, 0.2) is 60.4 Å². The number of fused-ring (bicyclic) bond motifs is 1. The summed E-state index contributed by atoms with van der Waals surface area (Å²) >= 11 is 0. The topological polar surface area (TPSA) is 61.8 Å². The lowest BCUT2D eigenvalue weighted by Crippen LogP contribution is -2.28. The molecule has 3 aromatic rings. The Balaban J connectivity index is 2.40. The Hall–Kier alpha value is -3.15. The average Bonchev–Trinajstić information content (AvgIpc) is 3.10. The van der Waals surface area contributed by atoms with Gasteiger partial charge in [-0.2, -0.15) is 0 Å². The van der Waals surface area contributed by atoms with E-state index in [1.165, 1.54) is 4.57 Å². The number of rotatable bonds is 3. The minimum absolute atomic E-state index is 0.292. The number of hydrogen-bond acceptors (Lipinski definition) is 3. The SMILES string of the molecule is C=C(C)C(=O)n1c(=O)n(C(=C)C)c2ccc(-n3ccnc3)cc21. The first-order valence-corrected chi connectivity index (χ1v) is 7.03. The average molecular weight is 308 g/mol. The number of aromatic nitrogens is 4. The van der Waals surface area contributed by atoms with E-state index in [0.717, 1.165) is 10.3 Å². The van der Waals surface area contributed by atoms with Crippen LogP contribution in [0.3, 0.4) is 0 Å². The molecule has 0 fully saturated rings. The van der Waals surface area contributed by atoms with Crippen molar-refractivity contribution < 1.29 is 4.79 Å². The van der Waals surface area contributed by atoms with Crippen molar-refractivity contribution in [2.45, 2.75) is 13.8 Å². The molecule has 6 nitrogen and oxygen atoms in total. The molecule has 116 valence electrons. The lowest BCUT2D eigenvalue weighted by Gasteiger charge is -2.05. The van der Waals surface area contributed by atoms with Gasteiger partial charge >= 0.3 is 5.69 Å². The minimum Gasteiger partial charge on any atom is -0.306 e. The minimum atomic E-state index is -0.441. The molecule has 2 heterocycles. The molecule has 0 aliphatic carbocycles. The summed E-state index contributed by atoms with van der Waals surface area (Å²) in [5, 5.41) is 0. The first-order valence-electron chi connectivity index (χ1n) is 7.03. The van der Waals surface area contributed by atoms with Gasteiger partial charge in [-0.25, -0.2) is 14.3 Å². The van der Waals surface area contributed by atoms with Crippen molar-refractivity contribution in [2.24, 2.45) is 0 Å². The zero-order valence-corrected chi connectivity index (χ0v) is 13.0. The molecule has 0 aliphatic heterocycles. The van der Waals surface area contributed by atoms with Crippen molar-refractivity contribution in [3.05, 3.63) is 66.1 Å². The van der Waals surface area contributed by atoms with Gasteiger partial charge in [0.25, 0.3) is 5.91 Å². The smallest absolute Gasteiger partial charge is 0.306 e. The summed E-state index contributed by atoms with van der Waals surface area (Å²) in [5.74, 6) is -0.428. The van der Waals surface area contributed by atoms with Gasteiger partial charge in [-0.3, -0.25) is 9.36 Å². The Morgan fingerprint density at radius 2 is 1.87 bits per heavy atom. The number of allylic oxidation sites excluding steroid dienone is 2. The van der Waals surface area contributed by atoms with Gasteiger partial charge < -0.3 is 4.57 Å². The lowest BCUT2D eigenvalue weighted by molar-refractivity contribution is 0.0956. The Morgan fingerprint density at radius 1 is 1.13 bits per heavy atom. The molecule has 0 aliphatic rings. The molecule has 0 N–H and O–H groups in total. The molecule has 1 aromatic carbocycles. The van der Waals surface area contributed by atoms with Crippen LogP contribution in [0.2, 0.25) is 0 Å². The summed E-state index contributed by atoms with van der Waals surface area (Å²) in [6.45, 7) is 10.8. The third kappa shape index (κ3) is 2.24. The molecule has 0 amide bonds. The van der Waals surface area contributed by atoms with Gasteiger partial charge in [0.15, 0.2) is 0 Å². The van der Waals surface area contributed by atoms with Crippen molar-refractivity contribution in [2.75, 3.05) is 0 Å². The Bertz CT molecular complexity index is 1000. The van der Waals surface area contributed by atoms with Crippen LogP contribution in [0, 0.1) is 0 Å². The molecule has 0 atom stereocenters. The van der Waals surface area contributed by atoms with E-state index in [9.17, 15) is 9.59 Å². The van der Waals surface area contributed by atoms with E-state index in [1.54, 1.807) is 49.3 Å². The van der Waals surface area contributed by atoms with E-state index in [0.29, 0.717) is 22.3 Å². The van der Waals surface area contributed by atoms with Gasteiger partial charge in [0, 0.05) is 29.4 Å². The van der Waals surface area contributed by atoms with Crippen molar-refractivity contribution in [3.63, 3.8) is 0 Å². The second-order valence-electron chi connectivity index (χ2n) is 5.42. The summed E-state index contributed by atoms with van der Waals surface area (Å²) in [5.41, 5.74) is 2.34. The van der Waals surface area contributed by atoms with E-state index in [4.69, 9.17) is 0 Å². The first kappa shape index (κ1) is 14.8. The van der Waals surface area contributed by atoms with Crippen LogP contribution >= 0.6 is 0 Å². The number of imidazole rings is 2. The third-order valence-corrected chi connectivity index (χ3v) is 3.58. The number of hydrogen-bond donors (Lipinski definition) is 0. The van der Waals surface area contributed by atoms with Crippen LogP contribution in [-0.2, 0) is 0 Å². The predicted molar refractivity (Wildman–Crippen MR) is 89.8 cm³/mol. The second-order valence-corrected chi connectivity index (χ2v) is 5.42. The Morgan fingerprint density at radius 3 is 2.43 bits per heavy atom. The molecule has 0 unspecified atom stereocenters. The lowest BCUT2D eigenvalue weighted by atomic mass is 10.2. The molecule has 23 heavy (non-hydrogen) atoms. The van der Waals surface area contributed by atoms with Crippen LogP contribution in [0.5, 0.6) is 0 Å². The van der Waals surface area contributed by atoms with Gasteiger partial charge in [-0.1, -0.05) is 13.2 Å². The van der Waals surface area contributed by atoms with Crippen LogP contribution in [0.4, 0.5) is 0 Å². The van der Waals surface area contributed by atoms with Crippen molar-refractivity contribution in [1.82, 2.24) is 18.7 Å². The maximum Gasteiger partial charge on any atom is 0.340 e. The summed E-state index contributed by atoms with van der Waals surface area (Å²) in [6, 6.07) is 5.43. The van der Waals surface area contributed by atoms with Crippen molar-refractivity contribution in [1.29, 1.82) is 0 Å². The van der Waals surface area contributed by atoms with Gasteiger partial charge in [0.2, 0.25) is 0 Å². The van der Waals surface area contributed by atoms with E-state index < -0.39 is 11.6 Å². The van der Waals surface area contributed by atoms with Crippen molar-refractivity contribution in [3.8, 4) is 5.69 Å². The molecule has 0 saturated carbocycles. The van der Waals surface area contributed by atoms with Crippen LogP contribution < -0.4 is 5.69 Å². The van der Waals surface area contributed by atoms with Crippen LogP contribution in [0.25, 0.3) is 22.4 Å². The normalized spacial score (nSPS) is 10.9. The number of carbonyl (C=O) groups is 1. The molecule has 0 saturated heterocycles. The Labute approximate surface area is 132 Å². The number of benzene rings is 1. The molecule has 2 aromatic heterocycles. The van der Waals surface area contributed by atoms with Gasteiger partial charge in [-0.15, -0.1) is 0 Å². The van der Waals surface area contributed by atoms with Crippen LogP contribution in [-0.4, -0.2) is 24.6 Å². The molecule has 6 heteroatoms. The maximum absolute atomic E-state index is 12.7. The summed E-state index contributed by atoms with van der Waals surface area (Å²) in [6.07, 6.45) is 5.11. The first-order chi connectivity index (χ1) is 10.9. The highest BCUT2D eigenvalue weighted by atomic mass is 16.2. The molecular weight excluding hydrogens is 292 g/mol. The summed E-state index contributed by atoms with van der Waals surface area (Å²) in [4.78, 5) is 29.1. The molecule has 0 bridgehead atoms. The Kier molecular flexibility index (Phi) is 3.37. The standard InChI is InChI=1S/C17H16N4O2/c1-11(2)16(22)21-15-9-13(19-8-7-18-10-19)5-6-14(15)20(12(3)4)17(21)23/h5-10H,1,3H2,2,4H3. The highest BCUT2D eigenvalue weighted by Crippen LogP contribution is 2.21. The largest absolute Gasteiger partial charge is 0.340 e. The fourth-order valence-corrected chi connectivity index (χ4v) is 2.51. The number of carbonyl (C=O) groups excluding carboxylic acids is 1. The van der Waals surface area contributed by atoms with Gasteiger partial charge in [0.1, 0.15) is 0 Å². The van der Waals surface area contributed by atoms with E-state index in [2.05, 4.69) is 18.1 Å². The summed E-state index contributed by atoms with van der Waals surface area (Å²) < 4.78 is 4.36. The van der Waals surface area contributed by atoms with E-state index in [1.807, 2.05) is 6.07 Å². The highest BCUT2D eigenvalue weighted by Gasteiger charge is 2.19. The summed E-state index contributed by atoms with van der Waals surface area (Å²) in [7, 11) is 0. The van der Waals surface area contributed by atoms with Crippen LogP contribution in [0.1, 0.15) is 18.6 Å². The number of nitrogens with zero attached hydrogens (tertiary/aromatic N) is 4. The second kappa shape index (κ2) is 5.24. The molecule has 3 rings (SSSR count). The van der Waals surface area contributed by atoms with Gasteiger partial charge in [0.05, 0.1) is 17.4 Å². The molecular formula is C17H16N4O2. The fraction of sp³-hybridized carbons (Fsp3) is 0.118. The maximum atomic E-state index is 12.7. The van der Waals surface area contributed by atoms with Crippen molar-refractivity contribution >= 4 is 22.6 Å². The zero-order chi connectivity index (χ0) is 16.7. The third-order valence-electron chi connectivity index (χ3n) is 3.58. The quantitative estimate of drug-likeness (QED) is 0.699.